The average molecular weight is 454 g/mol. The molecule has 8 heteroatoms. The molecular formula is C24H25ClFN5O. The standard InChI is InChI=1S/C24H25ClFN5O/c1-29-15-24(16-29)8-12-30(13-9-24)20(32)14-31-22(18-6-10-27-11-7-18)21(28-23(31)25)17-2-4-19(26)5-3-17/h2-7,10-11H,8-9,12-16H2,1H3. The third-order valence-corrected chi connectivity index (χ3v) is 6.96. The van der Waals surface area contributed by atoms with Crippen molar-refractivity contribution in [3.8, 4) is 22.5 Å². The van der Waals surface area contributed by atoms with Gasteiger partial charge in [-0.3, -0.25) is 9.78 Å². The van der Waals surface area contributed by atoms with Crippen LogP contribution in [0.25, 0.3) is 22.5 Å². The lowest BCUT2D eigenvalue weighted by molar-refractivity contribution is -0.136. The molecule has 6 nitrogen and oxygen atoms in total. The lowest BCUT2D eigenvalue weighted by Gasteiger charge is -2.52. The van der Waals surface area contributed by atoms with Crippen molar-refractivity contribution < 1.29 is 9.18 Å². The van der Waals surface area contributed by atoms with Crippen molar-refractivity contribution in [2.75, 3.05) is 33.2 Å². The first-order chi connectivity index (χ1) is 15.4. The predicted molar refractivity (Wildman–Crippen MR) is 122 cm³/mol. The number of carbonyl (C=O) groups excluding carboxylic acids is 1. The van der Waals surface area contributed by atoms with Gasteiger partial charge in [0.15, 0.2) is 0 Å². The second kappa shape index (κ2) is 8.30. The van der Waals surface area contributed by atoms with Gasteiger partial charge < -0.3 is 14.4 Å². The fraction of sp³-hybridized carbons (Fsp3) is 0.375. The van der Waals surface area contributed by atoms with Crippen molar-refractivity contribution in [1.29, 1.82) is 0 Å². The van der Waals surface area contributed by atoms with Gasteiger partial charge in [-0.15, -0.1) is 0 Å². The maximum atomic E-state index is 13.5. The van der Waals surface area contributed by atoms with Crippen LogP contribution in [0.15, 0.2) is 48.8 Å². The normalized spacial score (nSPS) is 18.0. The molecule has 1 aromatic carbocycles. The molecule has 166 valence electrons. The summed E-state index contributed by atoms with van der Waals surface area (Å²) in [6.07, 6.45) is 5.46. The molecule has 5 rings (SSSR count). The van der Waals surface area contributed by atoms with Gasteiger partial charge in [0.25, 0.3) is 0 Å². The maximum Gasteiger partial charge on any atom is 0.242 e. The Morgan fingerprint density at radius 3 is 2.34 bits per heavy atom. The van der Waals surface area contributed by atoms with Crippen molar-refractivity contribution in [2.24, 2.45) is 5.41 Å². The molecule has 3 aromatic rings. The van der Waals surface area contributed by atoms with Crippen LogP contribution >= 0.6 is 11.6 Å². The van der Waals surface area contributed by atoms with Gasteiger partial charge in [0.05, 0.1) is 11.4 Å². The number of rotatable bonds is 4. The highest BCUT2D eigenvalue weighted by Crippen LogP contribution is 2.40. The minimum Gasteiger partial charge on any atom is -0.341 e. The average Bonchev–Trinajstić information content (AvgIpc) is 3.10. The number of amides is 1. The number of aromatic nitrogens is 3. The van der Waals surface area contributed by atoms with Crippen LogP contribution in [0.3, 0.4) is 0 Å². The largest absolute Gasteiger partial charge is 0.341 e. The molecule has 0 atom stereocenters. The number of hydrogen-bond acceptors (Lipinski definition) is 4. The number of piperidine rings is 1. The number of halogens is 2. The minimum absolute atomic E-state index is 0.0350. The lowest BCUT2D eigenvalue weighted by Crippen LogP contribution is -2.59. The first-order valence-electron chi connectivity index (χ1n) is 10.8. The molecule has 0 saturated carbocycles. The van der Waals surface area contributed by atoms with Crippen LogP contribution in [-0.2, 0) is 11.3 Å². The smallest absolute Gasteiger partial charge is 0.242 e. The summed E-state index contributed by atoms with van der Waals surface area (Å²) in [6.45, 7) is 3.89. The molecule has 2 fully saturated rings. The van der Waals surface area contributed by atoms with E-state index in [-0.39, 0.29) is 23.6 Å². The van der Waals surface area contributed by atoms with Crippen molar-refractivity contribution >= 4 is 17.5 Å². The van der Waals surface area contributed by atoms with Crippen molar-refractivity contribution in [1.82, 2.24) is 24.3 Å². The quantitative estimate of drug-likeness (QED) is 0.600. The zero-order chi connectivity index (χ0) is 22.3. The zero-order valence-electron chi connectivity index (χ0n) is 18.0. The molecule has 0 N–H and O–H groups in total. The van der Waals surface area contributed by atoms with E-state index in [1.54, 1.807) is 29.1 Å². The van der Waals surface area contributed by atoms with E-state index >= 15 is 0 Å². The molecule has 0 bridgehead atoms. The number of nitrogens with zero attached hydrogens (tertiary/aromatic N) is 5. The SMILES string of the molecule is CN1CC2(CCN(C(=O)Cn3c(Cl)nc(-c4ccc(F)cc4)c3-c3ccncc3)CC2)C1. The molecule has 4 heterocycles. The van der Waals surface area contributed by atoms with E-state index in [9.17, 15) is 9.18 Å². The molecule has 1 spiro atoms. The van der Waals surface area contributed by atoms with E-state index in [4.69, 9.17) is 11.6 Å². The van der Waals surface area contributed by atoms with Gasteiger partial charge in [0, 0.05) is 49.7 Å². The highest BCUT2D eigenvalue weighted by molar-refractivity contribution is 6.29. The van der Waals surface area contributed by atoms with Gasteiger partial charge in [-0.2, -0.15) is 0 Å². The molecule has 32 heavy (non-hydrogen) atoms. The summed E-state index contributed by atoms with van der Waals surface area (Å²) in [4.78, 5) is 26.1. The third-order valence-electron chi connectivity index (χ3n) is 6.67. The van der Waals surface area contributed by atoms with E-state index in [2.05, 4.69) is 21.9 Å². The summed E-state index contributed by atoms with van der Waals surface area (Å²) in [5, 5.41) is 0.235. The number of likely N-dealkylation sites (tertiary alicyclic amines) is 2. The number of carbonyl (C=O) groups is 1. The molecule has 1 amide bonds. The molecule has 0 radical (unpaired) electrons. The highest BCUT2D eigenvalue weighted by atomic mass is 35.5. The Balaban J connectivity index is 1.43. The Labute approximate surface area is 191 Å². The minimum atomic E-state index is -0.319. The third kappa shape index (κ3) is 3.91. The first kappa shape index (κ1) is 21.1. The van der Waals surface area contributed by atoms with E-state index in [0.29, 0.717) is 11.1 Å². The van der Waals surface area contributed by atoms with Crippen LogP contribution in [0, 0.1) is 11.2 Å². The fourth-order valence-electron chi connectivity index (χ4n) is 5.06. The van der Waals surface area contributed by atoms with Crippen LogP contribution in [-0.4, -0.2) is 63.5 Å². The van der Waals surface area contributed by atoms with Gasteiger partial charge in [-0.1, -0.05) is 0 Å². The second-order valence-electron chi connectivity index (χ2n) is 8.96. The van der Waals surface area contributed by atoms with Crippen molar-refractivity contribution in [3.63, 3.8) is 0 Å². The first-order valence-corrected chi connectivity index (χ1v) is 11.2. The summed E-state index contributed by atoms with van der Waals surface area (Å²) in [5.74, 6) is -0.284. The second-order valence-corrected chi connectivity index (χ2v) is 9.30. The van der Waals surface area contributed by atoms with Gasteiger partial charge in [-0.05, 0) is 73.3 Å². The summed E-state index contributed by atoms with van der Waals surface area (Å²) in [5.41, 5.74) is 3.31. The molecule has 2 saturated heterocycles. The number of imidazole rings is 1. The fourth-order valence-corrected chi connectivity index (χ4v) is 5.29. The summed E-state index contributed by atoms with van der Waals surface area (Å²) >= 11 is 6.54. The zero-order valence-corrected chi connectivity index (χ0v) is 18.7. The number of hydrogen-bond donors (Lipinski definition) is 0. The van der Waals surface area contributed by atoms with E-state index in [0.717, 1.165) is 55.8 Å². The summed E-state index contributed by atoms with van der Waals surface area (Å²) < 4.78 is 15.2. The van der Waals surface area contributed by atoms with Crippen molar-refractivity contribution in [2.45, 2.75) is 19.4 Å². The summed E-state index contributed by atoms with van der Waals surface area (Å²) in [7, 11) is 2.14. The monoisotopic (exact) mass is 453 g/mol. The van der Waals surface area contributed by atoms with Gasteiger partial charge in [-0.25, -0.2) is 9.37 Å². The molecular weight excluding hydrogens is 429 g/mol. The van der Waals surface area contributed by atoms with Crippen LogP contribution < -0.4 is 0 Å². The predicted octanol–water partition coefficient (Wildman–Crippen LogP) is 3.96. The Morgan fingerprint density at radius 2 is 1.72 bits per heavy atom. The van der Waals surface area contributed by atoms with E-state index in [1.807, 2.05) is 17.0 Å². The Morgan fingerprint density at radius 1 is 1.06 bits per heavy atom. The van der Waals surface area contributed by atoms with Crippen LogP contribution in [0.2, 0.25) is 5.28 Å². The Kier molecular flexibility index (Phi) is 5.47. The highest BCUT2D eigenvalue weighted by Gasteiger charge is 2.43. The van der Waals surface area contributed by atoms with Gasteiger partial charge in [0.1, 0.15) is 12.4 Å². The maximum absolute atomic E-state index is 13.5. The Hall–Kier alpha value is -2.77. The van der Waals surface area contributed by atoms with Crippen LogP contribution in [0.4, 0.5) is 4.39 Å². The number of pyridine rings is 1. The topological polar surface area (TPSA) is 54.3 Å². The molecule has 2 aliphatic heterocycles. The van der Waals surface area contributed by atoms with Crippen LogP contribution in [0.1, 0.15) is 12.8 Å². The number of benzene rings is 1. The molecule has 2 aromatic heterocycles. The Bertz CT molecular complexity index is 1120. The molecule has 2 aliphatic rings. The van der Waals surface area contributed by atoms with E-state index in [1.165, 1.54) is 12.1 Å². The van der Waals surface area contributed by atoms with Crippen molar-refractivity contribution in [3.05, 3.63) is 59.9 Å². The lowest BCUT2D eigenvalue weighted by atomic mass is 9.72. The molecule has 0 aliphatic carbocycles. The van der Waals surface area contributed by atoms with Gasteiger partial charge in [0.2, 0.25) is 11.2 Å². The van der Waals surface area contributed by atoms with E-state index < -0.39 is 0 Å². The van der Waals surface area contributed by atoms with Gasteiger partial charge >= 0.3 is 0 Å². The van der Waals surface area contributed by atoms with Crippen LogP contribution in [0.5, 0.6) is 0 Å². The molecule has 0 unspecified atom stereocenters. The summed E-state index contributed by atoms with van der Waals surface area (Å²) in [6, 6.07) is 9.85.